The molecule has 14 rings (SSSR count). The Kier molecular flexibility index (Phi) is 21.8. The number of nitrogens with one attached hydrogen (secondary N) is 1. The van der Waals surface area contributed by atoms with Crippen LogP contribution in [-0.2, 0) is 44.3 Å². The fourth-order valence-electron chi connectivity index (χ4n) is 11.7. The molecule has 7 aromatic heterocycles. The molecule has 1 atom stereocenters. The third-order valence-corrected chi connectivity index (χ3v) is 17.1. The maximum atomic E-state index is 13.1. The minimum absolute atomic E-state index is 0.0103. The number of hydrogen-bond donors (Lipinski definition) is 1. The van der Waals surface area contributed by atoms with Gasteiger partial charge in [0.2, 0.25) is 5.91 Å². The largest absolute Gasteiger partial charge is 0.497 e. The lowest BCUT2D eigenvalue weighted by atomic mass is 10.1. The van der Waals surface area contributed by atoms with Gasteiger partial charge in [0.05, 0.1) is 148 Å². The van der Waals surface area contributed by atoms with E-state index in [1.54, 1.807) is 105 Å². The molecule has 6 aromatic carbocycles. The van der Waals surface area contributed by atoms with Crippen LogP contribution in [0.25, 0.3) is 66.9 Å². The smallest absolute Gasteiger partial charge is 0.242 e. The van der Waals surface area contributed by atoms with Crippen molar-refractivity contribution in [2.45, 2.75) is 52.3 Å². The summed E-state index contributed by atoms with van der Waals surface area (Å²) in [4.78, 5) is 47.9. The number of methoxy groups -OCH3 is 6. The summed E-state index contributed by atoms with van der Waals surface area (Å²) in [6.45, 7) is 7.67. The Hall–Kier alpha value is -12.4. The number of carbonyl (C=O) groups is 1. The summed E-state index contributed by atoms with van der Waals surface area (Å²) in [5.74, 6) is 10.5. The Morgan fingerprint density at radius 3 is 1.31 bits per heavy atom. The molecule has 25 nitrogen and oxygen atoms in total. The molecule has 1 unspecified atom stereocenters. The number of anilines is 6. The van der Waals surface area contributed by atoms with Crippen LogP contribution in [0.3, 0.4) is 0 Å². The van der Waals surface area contributed by atoms with Crippen molar-refractivity contribution >= 4 is 73.1 Å². The van der Waals surface area contributed by atoms with Crippen molar-refractivity contribution in [2.75, 3.05) is 70.4 Å². The first-order valence-corrected chi connectivity index (χ1v) is 33.5. The molecule has 0 radical (unpaired) electrons. The Balaban J connectivity index is 0.000000146. The third-order valence-electron chi connectivity index (χ3n) is 17.1. The molecule has 0 spiro atoms. The fraction of sp³-hybridized carbons (Fsp3) is 0.269. The quantitative estimate of drug-likeness (QED) is 0.0620. The Bertz CT molecular complexity index is 5160. The molecule has 1 amide bonds. The first-order valence-electron chi connectivity index (χ1n) is 33.5. The second-order valence-corrected chi connectivity index (χ2v) is 25.2. The molecule has 1 fully saturated rings. The molecule has 0 bridgehead atoms. The Morgan fingerprint density at radius 2 is 0.893 bits per heavy atom. The van der Waals surface area contributed by atoms with E-state index >= 15 is 0 Å². The van der Waals surface area contributed by atoms with Crippen molar-refractivity contribution in [3.05, 3.63) is 188 Å². The molecule has 103 heavy (non-hydrogen) atoms. The van der Waals surface area contributed by atoms with Gasteiger partial charge in [-0.1, -0.05) is 11.8 Å². The maximum absolute atomic E-state index is 13.1. The highest BCUT2D eigenvalue weighted by Crippen LogP contribution is 2.40. The van der Waals surface area contributed by atoms with E-state index in [0.717, 1.165) is 119 Å². The van der Waals surface area contributed by atoms with Gasteiger partial charge in [-0.3, -0.25) is 38.5 Å². The summed E-state index contributed by atoms with van der Waals surface area (Å²) < 4.78 is 39.9. The van der Waals surface area contributed by atoms with Crippen LogP contribution < -0.4 is 43.7 Å². The van der Waals surface area contributed by atoms with E-state index in [1.807, 2.05) is 164 Å². The molecular weight excluding hydrogens is 1300 g/mol. The van der Waals surface area contributed by atoms with Crippen LogP contribution in [-0.4, -0.2) is 143 Å². The summed E-state index contributed by atoms with van der Waals surface area (Å²) in [6.07, 6.45) is 22.6. The molecule has 526 valence electrons. The van der Waals surface area contributed by atoms with Crippen LogP contribution >= 0.6 is 0 Å². The van der Waals surface area contributed by atoms with Crippen molar-refractivity contribution in [1.29, 1.82) is 0 Å². The number of benzene rings is 6. The lowest BCUT2D eigenvalue weighted by Gasteiger charge is -2.31. The minimum atomic E-state index is -0.527. The monoisotopic (exact) mass is 1380 g/mol. The highest BCUT2D eigenvalue weighted by atomic mass is 16.5. The lowest BCUT2D eigenvalue weighted by molar-refractivity contribution is -0.122. The summed E-state index contributed by atoms with van der Waals surface area (Å²) in [7, 11) is 17.4. The Morgan fingerprint density at radius 1 is 0.476 bits per heavy atom. The van der Waals surface area contributed by atoms with Crippen LogP contribution in [0.4, 0.5) is 34.1 Å². The van der Waals surface area contributed by atoms with Crippen LogP contribution in [0.15, 0.2) is 177 Å². The number of aromatic nitrogens is 14. The molecular formula is C78H82N18O7. The average molecular weight is 1380 g/mol. The number of fused-ring (bicyclic) bond motifs is 3. The van der Waals surface area contributed by atoms with Gasteiger partial charge >= 0.3 is 0 Å². The van der Waals surface area contributed by atoms with Gasteiger partial charge in [-0.2, -0.15) is 20.4 Å². The van der Waals surface area contributed by atoms with Crippen molar-refractivity contribution in [2.24, 2.45) is 34.1 Å². The van der Waals surface area contributed by atoms with Crippen molar-refractivity contribution in [1.82, 2.24) is 74.3 Å². The van der Waals surface area contributed by atoms with E-state index in [2.05, 4.69) is 86.6 Å². The molecule has 1 saturated carbocycles. The molecule has 1 N–H and O–H groups in total. The van der Waals surface area contributed by atoms with Crippen LogP contribution in [0, 0.1) is 17.8 Å². The molecule has 1 aliphatic rings. The summed E-state index contributed by atoms with van der Waals surface area (Å²) in [6, 6.07) is 35.1. The SMILES string of the molecule is COCc1cc(OC)cc(N(CC2CC2)c2ccc3ncc(-c4cnn(C)c4)nc3c2)c1.COc1cc(OC)cc(N(CC#Cc2cnn(C)c2)c2ccc3ncc(-c4cnn(C)c4)nc3c2)c1.COc1cc(OC)cc(N(c2ccc3ncc(-c4cnn(C)c4)nc3c2)C(C)C(=O)NC(C)C)c1. The normalized spacial score (nSPS) is 12.0. The second-order valence-electron chi connectivity index (χ2n) is 25.2. The topological polar surface area (TPSA) is 243 Å². The predicted molar refractivity (Wildman–Crippen MR) is 400 cm³/mol. The highest BCUT2D eigenvalue weighted by Gasteiger charge is 2.28. The first-order chi connectivity index (χ1) is 49.9. The van der Waals surface area contributed by atoms with E-state index in [0.29, 0.717) is 47.6 Å². The van der Waals surface area contributed by atoms with Gasteiger partial charge in [-0.05, 0) is 112 Å². The molecule has 0 saturated heterocycles. The zero-order valence-electron chi connectivity index (χ0n) is 60.0. The van der Waals surface area contributed by atoms with Crippen LogP contribution in [0.5, 0.6) is 28.7 Å². The van der Waals surface area contributed by atoms with Gasteiger partial charge < -0.3 is 48.4 Å². The molecule has 25 heteroatoms. The standard InChI is InChI=1S/C27H25N7O2.C26H30N6O3.C25H27N5O2/c1-32-17-19(14-29-32)6-5-9-34(22-10-23(35-3)13-24(11-22)36-4)21-7-8-25-26(12-21)31-27(16-28-25)20-15-30-33(2)18-20;1-16(2)29-26(33)17(3)32(20-9-21(34-5)12-22(10-20)35-6)19-7-8-23-24(11-19)30-25(14-27-23)18-13-28-31(4)15-18;1-29-15-19(12-27-29)25-13-26-23-7-6-20(11-24(23)28-25)30(14-17-4-5-17)21-8-18(16-31-2)9-22(10-21)32-3/h7-8,10-18H,9H2,1-4H3;7-17H,1-6H3,(H,29,33);6-13,15,17H,4-5,14,16H2,1-3H3. The van der Waals surface area contributed by atoms with Gasteiger partial charge in [0.25, 0.3) is 0 Å². The summed E-state index contributed by atoms with van der Waals surface area (Å²) in [5, 5.41) is 19.9. The van der Waals surface area contributed by atoms with Crippen molar-refractivity contribution in [3.63, 3.8) is 0 Å². The predicted octanol–water partition coefficient (Wildman–Crippen LogP) is 12.8. The third kappa shape index (κ3) is 17.2. The molecule has 0 aliphatic heterocycles. The van der Waals surface area contributed by atoms with Gasteiger partial charge in [0, 0.05) is 166 Å². The molecule has 13 aromatic rings. The van der Waals surface area contributed by atoms with E-state index in [-0.39, 0.29) is 11.9 Å². The van der Waals surface area contributed by atoms with Gasteiger partial charge in [0.15, 0.2) is 0 Å². The van der Waals surface area contributed by atoms with E-state index in [4.69, 9.17) is 43.4 Å². The maximum Gasteiger partial charge on any atom is 0.242 e. The number of aryl methyl sites for hydroxylation is 4. The number of hydrogen-bond acceptors (Lipinski definition) is 20. The lowest BCUT2D eigenvalue weighted by Crippen LogP contribution is -2.45. The van der Waals surface area contributed by atoms with Crippen molar-refractivity contribution < 1.29 is 33.2 Å². The van der Waals surface area contributed by atoms with E-state index < -0.39 is 6.04 Å². The van der Waals surface area contributed by atoms with Crippen molar-refractivity contribution in [3.8, 4) is 74.4 Å². The number of amides is 1. The summed E-state index contributed by atoms with van der Waals surface area (Å²) >= 11 is 0. The van der Waals surface area contributed by atoms with E-state index in [1.165, 1.54) is 12.8 Å². The zero-order valence-corrected chi connectivity index (χ0v) is 60.0. The first kappa shape index (κ1) is 70.4. The Labute approximate surface area is 597 Å². The summed E-state index contributed by atoms with van der Waals surface area (Å²) in [5.41, 5.74) is 17.3. The van der Waals surface area contributed by atoms with Gasteiger partial charge in [-0.25, -0.2) is 15.0 Å². The average Bonchev–Trinajstić information content (AvgIpc) is 1.21. The minimum Gasteiger partial charge on any atom is -0.497 e. The number of rotatable bonds is 22. The van der Waals surface area contributed by atoms with E-state index in [9.17, 15) is 4.79 Å². The highest BCUT2D eigenvalue weighted by molar-refractivity contribution is 5.91. The zero-order chi connectivity index (χ0) is 72.3. The van der Waals surface area contributed by atoms with Gasteiger partial charge in [-0.15, -0.1) is 0 Å². The van der Waals surface area contributed by atoms with Crippen LogP contribution in [0.1, 0.15) is 44.7 Å². The molecule has 7 heterocycles. The number of ether oxygens (including phenoxy) is 6. The fourth-order valence-corrected chi connectivity index (χ4v) is 11.7. The molecule has 1 aliphatic carbocycles. The number of carbonyl (C=O) groups excluding carboxylic acids is 1. The second kappa shape index (κ2) is 31.8. The van der Waals surface area contributed by atoms with Gasteiger partial charge in [0.1, 0.15) is 34.8 Å². The number of nitrogens with zero attached hydrogens (tertiary/aromatic N) is 17. The van der Waals surface area contributed by atoms with Crippen LogP contribution in [0.2, 0.25) is 0 Å².